The number of benzene rings is 1. The Hall–Kier alpha value is -2.28. The van der Waals surface area contributed by atoms with E-state index in [1.807, 2.05) is 11.0 Å². The van der Waals surface area contributed by atoms with Gasteiger partial charge >= 0.3 is 0 Å². The first kappa shape index (κ1) is 19.5. The molecule has 2 amide bonds. The second-order valence-corrected chi connectivity index (χ2v) is 7.52. The van der Waals surface area contributed by atoms with Crippen LogP contribution in [-0.2, 0) is 16.0 Å². The molecule has 1 aliphatic carbocycles. The quantitative estimate of drug-likeness (QED) is 0.800. The highest BCUT2D eigenvalue weighted by Crippen LogP contribution is 2.37. The number of aliphatic hydroxyl groups is 1. The van der Waals surface area contributed by atoms with E-state index < -0.39 is 6.10 Å². The van der Waals surface area contributed by atoms with Gasteiger partial charge in [0.2, 0.25) is 11.8 Å². The van der Waals surface area contributed by atoms with E-state index in [9.17, 15) is 14.7 Å². The van der Waals surface area contributed by atoms with E-state index in [0.717, 1.165) is 5.56 Å². The molecule has 2 N–H and O–H groups in total. The van der Waals surface area contributed by atoms with Crippen molar-refractivity contribution in [3.63, 3.8) is 0 Å². The Morgan fingerprint density at radius 2 is 1.89 bits per heavy atom. The molecule has 0 aromatic heterocycles. The topological polar surface area (TPSA) is 88.1 Å². The number of likely N-dealkylation sites (tertiary alicyclic amines) is 1. The van der Waals surface area contributed by atoms with E-state index in [-0.39, 0.29) is 30.2 Å². The summed E-state index contributed by atoms with van der Waals surface area (Å²) in [6, 6.07) is 5.22. The predicted octanol–water partition coefficient (Wildman–Crippen LogP) is 0.980. The number of hydrogen-bond donors (Lipinski definition) is 2. The van der Waals surface area contributed by atoms with Crippen LogP contribution < -0.4 is 14.8 Å². The number of rotatable bonds is 5. The Bertz CT molecular complexity index is 708. The number of methoxy groups -OCH3 is 2. The first-order chi connectivity index (χ1) is 12.9. The lowest BCUT2D eigenvalue weighted by Crippen LogP contribution is -2.48. The minimum Gasteiger partial charge on any atom is -0.497 e. The van der Waals surface area contributed by atoms with Gasteiger partial charge in [0.25, 0.3) is 0 Å². The molecule has 7 nitrogen and oxygen atoms in total. The molecule has 2 aliphatic rings. The summed E-state index contributed by atoms with van der Waals surface area (Å²) in [7, 11) is 3.18. The van der Waals surface area contributed by atoms with Gasteiger partial charge in [0.15, 0.2) is 0 Å². The fourth-order valence-electron chi connectivity index (χ4n) is 4.35. The lowest BCUT2D eigenvalue weighted by atomic mass is 9.77. The number of nitrogens with zero attached hydrogens (tertiary/aromatic N) is 1. The van der Waals surface area contributed by atoms with Crippen molar-refractivity contribution in [2.45, 2.75) is 38.3 Å². The number of nitrogens with one attached hydrogen (secondary N) is 1. The van der Waals surface area contributed by atoms with Crippen molar-refractivity contribution in [2.75, 3.05) is 27.3 Å². The van der Waals surface area contributed by atoms with Crippen LogP contribution in [0.25, 0.3) is 0 Å². The minimum atomic E-state index is -0.552. The zero-order valence-corrected chi connectivity index (χ0v) is 16.1. The van der Waals surface area contributed by atoms with Gasteiger partial charge in [0.1, 0.15) is 11.5 Å². The van der Waals surface area contributed by atoms with E-state index in [4.69, 9.17) is 9.47 Å². The third-order valence-corrected chi connectivity index (χ3v) is 5.71. The van der Waals surface area contributed by atoms with Crippen molar-refractivity contribution in [1.29, 1.82) is 0 Å². The zero-order valence-electron chi connectivity index (χ0n) is 16.1. The molecule has 7 heteroatoms. The molecule has 1 aromatic carbocycles. The van der Waals surface area contributed by atoms with Crippen LogP contribution in [0.3, 0.4) is 0 Å². The number of fused-ring (bicyclic) bond motifs is 1. The maximum atomic E-state index is 12.9. The molecular weight excluding hydrogens is 348 g/mol. The van der Waals surface area contributed by atoms with Gasteiger partial charge in [0.05, 0.1) is 32.8 Å². The highest BCUT2D eigenvalue weighted by atomic mass is 16.5. The molecule has 148 valence electrons. The molecule has 1 saturated carbocycles. The van der Waals surface area contributed by atoms with Gasteiger partial charge in [-0.2, -0.15) is 0 Å². The third-order valence-electron chi connectivity index (χ3n) is 5.71. The fraction of sp³-hybridized carbons (Fsp3) is 0.600. The molecule has 27 heavy (non-hydrogen) atoms. The summed E-state index contributed by atoms with van der Waals surface area (Å²) in [5, 5.41) is 13.1. The Balaban J connectivity index is 1.65. The number of aliphatic hydroxyl groups excluding tert-OH is 1. The van der Waals surface area contributed by atoms with Gasteiger partial charge < -0.3 is 24.8 Å². The zero-order chi connectivity index (χ0) is 19.6. The molecule has 1 saturated heterocycles. The number of carbonyl (C=O) groups excluding carboxylic acids is 2. The van der Waals surface area contributed by atoms with Crippen molar-refractivity contribution >= 4 is 11.8 Å². The van der Waals surface area contributed by atoms with Crippen LogP contribution in [0.1, 0.15) is 25.3 Å². The average molecular weight is 376 g/mol. The summed E-state index contributed by atoms with van der Waals surface area (Å²) >= 11 is 0. The standard InChI is InChI=1S/C20H28N2O5/c1-12(23)21-17-7-14-10-22(11-15(14)8-18(17)24)20(25)9-13-6-16(26-2)4-5-19(13)27-3/h4-6,14-15,17-18,24H,7-11H2,1-3H3,(H,21,23)/t14-,15+,17-,18-/m1/s1. The van der Waals surface area contributed by atoms with Crippen molar-refractivity contribution in [1.82, 2.24) is 10.2 Å². The second-order valence-electron chi connectivity index (χ2n) is 7.52. The Morgan fingerprint density at radius 3 is 2.52 bits per heavy atom. The molecular formula is C20H28N2O5. The van der Waals surface area contributed by atoms with Gasteiger partial charge in [-0.05, 0) is 42.9 Å². The van der Waals surface area contributed by atoms with E-state index in [1.165, 1.54) is 6.92 Å². The predicted molar refractivity (Wildman–Crippen MR) is 99.7 cm³/mol. The maximum Gasteiger partial charge on any atom is 0.227 e. The van der Waals surface area contributed by atoms with Crippen LogP contribution >= 0.6 is 0 Å². The lowest BCUT2D eigenvalue weighted by Gasteiger charge is -2.35. The molecule has 1 heterocycles. The highest BCUT2D eigenvalue weighted by Gasteiger charge is 2.43. The fourth-order valence-corrected chi connectivity index (χ4v) is 4.35. The van der Waals surface area contributed by atoms with E-state index in [0.29, 0.717) is 43.3 Å². The molecule has 0 bridgehead atoms. The summed E-state index contributed by atoms with van der Waals surface area (Å²) in [6.07, 6.45) is 1.01. The molecule has 3 rings (SSSR count). The molecule has 2 fully saturated rings. The van der Waals surface area contributed by atoms with E-state index in [2.05, 4.69) is 5.32 Å². The Labute approximate surface area is 159 Å². The second kappa shape index (κ2) is 8.17. The van der Waals surface area contributed by atoms with Crippen molar-refractivity contribution in [2.24, 2.45) is 11.8 Å². The lowest BCUT2D eigenvalue weighted by molar-refractivity contribution is -0.129. The Morgan fingerprint density at radius 1 is 1.19 bits per heavy atom. The maximum absolute atomic E-state index is 12.9. The van der Waals surface area contributed by atoms with Crippen LogP contribution in [0.4, 0.5) is 0 Å². The summed E-state index contributed by atoms with van der Waals surface area (Å²) in [4.78, 5) is 26.1. The van der Waals surface area contributed by atoms with Gasteiger partial charge in [-0.3, -0.25) is 9.59 Å². The highest BCUT2D eigenvalue weighted by molar-refractivity contribution is 5.80. The smallest absolute Gasteiger partial charge is 0.227 e. The van der Waals surface area contributed by atoms with Crippen LogP contribution in [0.2, 0.25) is 0 Å². The Kier molecular flexibility index (Phi) is 5.89. The van der Waals surface area contributed by atoms with Gasteiger partial charge in [0, 0.05) is 25.6 Å². The molecule has 0 radical (unpaired) electrons. The third kappa shape index (κ3) is 4.35. The first-order valence-electron chi connectivity index (χ1n) is 9.35. The van der Waals surface area contributed by atoms with E-state index >= 15 is 0 Å². The summed E-state index contributed by atoms with van der Waals surface area (Å²) in [6.45, 7) is 2.78. The van der Waals surface area contributed by atoms with Crippen molar-refractivity contribution < 1.29 is 24.2 Å². The summed E-state index contributed by atoms with van der Waals surface area (Å²) in [5.41, 5.74) is 0.799. The number of hydrogen-bond acceptors (Lipinski definition) is 5. The van der Waals surface area contributed by atoms with Gasteiger partial charge in [-0.25, -0.2) is 0 Å². The first-order valence-corrected chi connectivity index (χ1v) is 9.35. The monoisotopic (exact) mass is 376 g/mol. The normalized spacial score (nSPS) is 27.0. The van der Waals surface area contributed by atoms with Crippen LogP contribution in [0.5, 0.6) is 11.5 Å². The van der Waals surface area contributed by atoms with E-state index in [1.54, 1.807) is 26.4 Å². The largest absolute Gasteiger partial charge is 0.497 e. The molecule has 1 aromatic rings. The molecule has 4 atom stereocenters. The molecule has 1 aliphatic heterocycles. The van der Waals surface area contributed by atoms with Crippen molar-refractivity contribution in [3.05, 3.63) is 23.8 Å². The van der Waals surface area contributed by atoms with Gasteiger partial charge in [-0.15, -0.1) is 0 Å². The molecule has 0 spiro atoms. The average Bonchev–Trinajstić information content (AvgIpc) is 3.04. The van der Waals surface area contributed by atoms with Crippen LogP contribution in [0.15, 0.2) is 18.2 Å². The van der Waals surface area contributed by atoms with Crippen LogP contribution in [0, 0.1) is 11.8 Å². The number of ether oxygens (including phenoxy) is 2. The molecule has 0 unspecified atom stereocenters. The van der Waals surface area contributed by atoms with Gasteiger partial charge in [-0.1, -0.05) is 0 Å². The number of amides is 2. The van der Waals surface area contributed by atoms with Crippen molar-refractivity contribution in [3.8, 4) is 11.5 Å². The number of carbonyl (C=O) groups is 2. The summed E-state index contributed by atoms with van der Waals surface area (Å²) < 4.78 is 10.6. The van der Waals surface area contributed by atoms with Crippen LogP contribution in [-0.4, -0.2) is 61.3 Å². The minimum absolute atomic E-state index is 0.0431. The SMILES string of the molecule is COc1ccc(OC)c(CC(=O)N2C[C@H]3C[C@@H](NC(C)=O)[C@H](O)C[C@H]3C2)c1. The summed E-state index contributed by atoms with van der Waals surface area (Å²) in [5.74, 6) is 1.86.